The second-order valence-corrected chi connectivity index (χ2v) is 5.78. The third kappa shape index (κ3) is 5.61. The molecule has 1 heterocycles. The highest BCUT2D eigenvalue weighted by molar-refractivity contribution is 5.67. The topological polar surface area (TPSA) is 65.4 Å². The molecule has 0 aromatic carbocycles. The van der Waals surface area contributed by atoms with Crippen LogP contribution in [0.1, 0.15) is 45.9 Å². The molecule has 0 spiro atoms. The summed E-state index contributed by atoms with van der Waals surface area (Å²) in [6, 6.07) is 0.271. The Labute approximate surface area is 120 Å². The summed E-state index contributed by atoms with van der Waals surface area (Å²) >= 11 is 0. The number of carbonyl (C=O) groups is 1. The zero-order valence-corrected chi connectivity index (χ0v) is 13.0. The van der Waals surface area contributed by atoms with Crippen LogP contribution in [0.3, 0.4) is 0 Å². The van der Waals surface area contributed by atoms with E-state index in [1.54, 1.807) is 19.6 Å². The Hall–Kier alpha value is -1.56. The molecule has 0 saturated carbocycles. The van der Waals surface area contributed by atoms with Crippen molar-refractivity contribution in [2.45, 2.75) is 52.3 Å². The zero-order valence-electron chi connectivity index (χ0n) is 13.0. The number of carbonyl (C=O) groups excluding carboxylic acids is 1. The van der Waals surface area contributed by atoms with Crippen LogP contribution < -0.4 is 5.32 Å². The summed E-state index contributed by atoms with van der Waals surface area (Å²) in [5, 5.41) is 2.74. The van der Waals surface area contributed by atoms with E-state index in [9.17, 15) is 4.79 Å². The van der Waals surface area contributed by atoms with Gasteiger partial charge in [0.1, 0.15) is 5.60 Å². The Kier molecular flexibility index (Phi) is 6.01. The van der Waals surface area contributed by atoms with Crippen molar-refractivity contribution in [3.63, 3.8) is 0 Å². The van der Waals surface area contributed by atoms with Gasteiger partial charge in [-0.15, -0.1) is 0 Å². The second kappa shape index (κ2) is 7.28. The molecule has 1 amide bonds. The van der Waals surface area contributed by atoms with Gasteiger partial charge in [-0.2, -0.15) is 0 Å². The van der Waals surface area contributed by atoms with Gasteiger partial charge in [0.2, 0.25) is 0 Å². The molecule has 1 aromatic rings. The lowest BCUT2D eigenvalue weighted by molar-refractivity contribution is 0.0522. The van der Waals surface area contributed by atoms with Crippen molar-refractivity contribution in [1.29, 1.82) is 0 Å². The number of rotatable bonds is 6. The van der Waals surface area contributed by atoms with Gasteiger partial charge in [0.05, 0.1) is 18.6 Å². The number of ether oxygens (including phenoxy) is 2. The fraction of sp³-hybridized carbons (Fsp3) is 0.714. The Bertz CT molecular complexity index is 424. The first-order valence-corrected chi connectivity index (χ1v) is 6.80. The Morgan fingerprint density at radius 2 is 2.20 bits per heavy atom. The predicted molar refractivity (Wildman–Crippen MR) is 76.5 cm³/mol. The molecular formula is C14H25N3O3. The van der Waals surface area contributed by atoms with Gasteiger partial charge in [0.15, 0.2) is 0 Å². The summed E-state index contributed by atoms with van der Waals surface area (Å²) in [6.45, 7) is 8.69. The van der Waals surface area contributed by atoms with E-state index < -0.39 is 11.7 Å². The van der Waals surface area contributed by atoms with Gasteiger partial charge in [0, 0.05) is 26.0 Å². The van der Waals surface area contributed by atoms with Gasteiger partial charge in [-0.3, -0.25) is 0 Å². The summed E-state index contributed by atoms with van der Waals surface area (Å²) in [5.41, 5.74) is 0.454. The molecule has 0 fully saturated rings. The molecule has 1 rings (SSSR count). The minimum Gasteiger partial charge on any atom is -0.444 e. The first-order valence-electron chi connectivity index (χ1n) is 6.80. The molecule has 1 N–H and O–H groups in total. The molecule has 0 radical (unpaired) electrons. The van der Waals surface area contributed by atoms with Crippen molar-refractivity contribution < 1.29 is 14.3 Å². The lowest BCUT2D eigenvalue weighted by atomic mass is 10.2. The van der Waals surface area contributed by atoms with E-state index in [2.05, 4.69) is 17.2 Å². The molecule has 20 heavy (non-hydrogen) atoms. The third-order valence-electron chi connectivity index (χ3n) is 2.77. The number of hydrogen-bond acceptors (Lipinski definition) is 4. The van der Waals surface area contributed by atoms with Gasteiger partial charge in [-0.25, -0.2) is 9.78 Å². The molecule has 1 unspecified atom stereocenters. The zero-order chi connectivity index (χ0) is 15.2. The average molecular weight is 283 g/mol. The van der Waals surface area contributed by atoms with Crippen molar-refractivity contribution in [2.75, 3.05) is 13.7 Å². The van der Waals surface area contributed by atoms with E-state index in [4.69, 9.17) is 9.47 Å². The van der Waals surface area contributed by atoms with E-state index in [-0.39, 0.29) is 6.04 Å². The number of amides is 1. The normalized spacial score (nSPS) is 13.1. The molecule has 6 nitrogen and oxygen atoms in total. The molecule has 0 saturated heterocycles. The van der Waals surface area contributed by atoms with Crippen molar-refractivity contribution in [3.05, 3.63) is 18.2 Å². The average Bonchev–Trinajstić information content (AvgIpc) is 2.79. The minimum absolute atomic E-state index is 0.271. The molecule has 0 bridgehead atoms. The van der Waals surface area contributed by atoms with Crippen LogP contribution in [0.2, 0.25) is 0 Å². The lowest BCUT2D eigenvalue weighted by Crippen LogP contribution is -2.32. The van der Waals surface area contributed by atoms with Gasteiger partial charge >= 0.3 is 6.09 Å². The van der Waals surface area contributed by atoms with Gasteiger partial charge in [-0.05, 0) is 34.1 Å². The molecule has 0 aliphatic heterocycles. The molecule has 0 aliphatic carbocycles. The lowest BCUT2D eigenvalue weighted by Gasteiger charge is -2.20. The molecule has 0 aliphatic rings. The highest BCUT2D eigenvalue weighted by Gasteiger charge is 2.16. The van der Waals surface area contributed by atoms with Crippen LogP contribution in [0.15, 0.2) is 12.5 Å². The van der Waals surface area contributed by atoms with E-state index in [1.807, 2.05) is 25.3 Å². The number of methoxy groups -OCH3 is 1. The van der Waals surface area contributed by atoms with Crippen molar-refractivity contribution in [3.8, 4) is 0 Å². The van der Waals surface area contributed by atoms with E-state index in [0.29, 0.717) is 13.2 Å². The molecular weight excluding hydrogens is 258 g/mol. The number of nitrogens with zero attached hydrogens (tertiary/aromatic N) is 2. The summed E-state index contributed by atoms with van der Waals surface area (Å²) in [7, 11) is 1.69. The van der Waals surface area contributed by atoms with E-state index in [1.165, 1.54) is 0 Å². The monoisotopic (exact) mass is 283 g/mol. The van der Waals surface area contributed by atoms with Crippen LogP contribution in [-0.2, 0) is 16.0 Å². The largest absolute Gasteiger partial charge is 0.444 e. The maximum absolute atomic E-state index is 11.6. The number of alkyl carbamates (subject to hydrolysis) is 1. The van der Waals surface area contributed by atoms with Crippen molar-refractivity contribution in [2.24, 2.45) is 0 Å². The minimum atomic E-state index is -0.490. The smallest absolute Gasteiger partial charge is 0.407 e. The fourth-order valence-corrected chi connectivity index (χ4v) is 1.77. The maximum atomic E-state index is 11.6. The second-order valence-electron chi connectivity index (χ2n) is 5.78. The molecule has 1 aromatic heterocycles. The van der Waals surface area contributed by atoms with E-state index >= 15 is 0 Å². The predicted octanol–water partition coefficient (Wildman–Crippen LogP) is 2.51. The SMILES string of the molecule is COCCC(C)n1cncc1CNC(=O)OC(C)(C)C. The number of aromatic nitrogens is 2. The van der Waals surface area contributed by atoms with E-state index in [0.717, 1.165) is 12.1 Å². The highest BCUT2D eigenvalue weighted by Crippen LogP contribution is 2.14. The van der Waals surface area contributed by atoms with Crippen LogP contribution in [0.5, 0.6) is 0 Å². The van der Waals surface area contributed by atoms with Gasteiger partial charge < -0.3 is 19.4 Å². The van der Waals surface area contributed by atoms with Crippen molar-refractivity contribution >= 4 is 6.09 Å². The maximum Gasteiger partial charge on any atom is 0.407 e. The number of imidazole rings is 1. The van der Waals surface area contributed by atoms with Crippen LogP contribution in [0.25, 0.3) is 0 Å². The Morgan fingerprint density at radius 1 is 1.50 bits per heavy atom. The molecule has 6 heteroatoms. The number of nitrogens with one attached hydrogen (secondary N) is 1. The Morgan fingerprint density at radius 3 is 2.80 bits per heavy atom. The Balaban J connectivity index is 2.53. The quantitative estimate of drug-likeness (QED) is 0.871. The summed E-state index contributed by atoms with van der Waals surface area (Å²) in [4.78, 5) is 15.8. The highest BCUT2D eigenvalue weighted by atomic mass is 16.6. The first kappa shape index (κ1) is 16.5. The standard InChI is InChI=1S/C14H25N3O3/c1-11(6-7-19-5)17-10-15-8-12(17)9-16-13(18)20-14(2,3)4/h8,10-11H,6-7,9H2,1-5H3,(H,16,18). The first-order chi connectivity index (χ1) is 9.33. The third-order valence-corrected chi connectivity index (χ3v) is 2.77. The van der Waals surface area contributed by atoms with Gasteiger partial charge in [0.25, 0.3) is 0 Å². The van der Waals surface area contributed by atoms with Crippen LogP contribution in [-0.4, -0.2) is 35.0 Å². The van der Waals surface area contributed by atoms with Crippen LogP contribution in [0.4, 0.5) is 4.79 Å². The molecule has 1 atom stereocenters. The molecule has 114 valence electrons. The van der Waals surface area contributed by atoms with Crippen LogP contribution >= 0.6 is 0 Å². The van der Waals surface area contributed by atoms with Crippen LogP contribution in [0, 0.1) is 0 Å². The van der Waals surface area contributed by atoms with Gasteiger partial charge in [-0.1, -0.05) is 0 Å². The fourth-order valence-electron chi connectivity index (χ4n) is 1.77. The number of hydrogen-bond donors (Lipinski definition) is 1. The van der Waals surface area contributed by atoms with Crippen molar-refractivity contribution in [1.82, 2.24) is 14.9 Å². The summed E-state index contributed by atoms with van der Waals surface area (Å²) in [6.07, 6.45) is 3.99. The summed E-state index contributed by atoms with van der Waals surface area (Å²) < 4.78 is 12.3. The summed E-state index contributed by atoms with van der Waals surface area (Å²) in [5.74, 6) is 0.